The van der Waals surface area contributed by atoms with Crippen LogP contribution in [0.5, 0.6) is 0 Å². The van der Waals surface area contributed by atoms with E-state index in [0.29, 0.717) is 0 Å². The zero-order chi connectivity index (χ0) is 14.0. The third kappa shape index (κ3) is 6.04. The van der Waals surface area contributed by atoms with Crippen molar-refractivity contribution in [3.8, 4) is 0 Å². The Morgan fingerprint density at radius 3 is 2.90 bits per heavy atom. The molecule has 0 saturated carbocycles. The molecule has 3 nitrogen and oxygen atoms in total. The van der Waals surface area contributed by atoms with Gasteiger partial charge in [-0.3, -0.25) is 0 Å². The zero-order valence-corrected chi connectivity index (χ0v) is 12.7. The van der Waals surface area contributed by atoms with Gasteiger partial charge in [0.15, 0.2) is 0 Å². The molecule has 1 heterocycles. The second kappa shape index (κ2) is 9.11. The van der Waals surface area contributed by atoms with Crippen LogP contribution in [0.4, 0.5) is 0 Å². The van der Waals surface area contributed by atoms with Gasteiger partial charge in [0.1, 0.15) is 0 Å². The van der Waals surface area contributed by atoms with Crippen molar-refractivity contribution in [3.05, 3.63) is 35.9 Å². The molecule has 0 bridgehead atoms. The fraction of sp³-hybridized carbons (Fsp3) is 0.647. The predicted octanol–water partition coefficient (Wildman–Crippen LogP) is 2.52. The Morgan fingerprint density at radius 1 is 1.30 bits per heavy atom. The van der Waals surface area contributed by atoms with Gasteiger partial charge in [-0.15, -0.1) is 0 Å². The molecule has 1 aromatic carbocycles. The molecule has 1 aliphatic rings. The van der Waals surface area contributed by atoms with Crippen LogP contribution in [0.1, 0.15) is 24.8 Å². The molecule has 0 aliphatic carbocycles. The summed E-state index contributed by atoms with van der Waals surface area (Å²) in [4.78, 5) is 2.39. The van der Waals surface area contributed by atoms with Crippen molar-refractivity contribution in [1.29, 1.82) is 0 Å². The van der Waals surface area contributed by atoms with E-state index >= 15 is 0 Å². The summed E-state index contributed by atoms with van der Waals surface area (Å²) in [5, 5.41) is 3.57. The molecule has 0 spiro atoms. The first-order chi connectivity index (χ1) is 9.84. The van der Waals surface area contributed by atoms with Crippen molar-refractivity contribution in [2.75, 3.05) is 39.9 Å². The minimum absolute atomic E-state index is 0.728. The van der Waals surface area contributed by atoms with Gasteiger partial charge in [0.2, 0.25) is 0 Å². The molecule has 112 valence electrons. The van der Waals surface area contributed by atoms with Gasteiger partial charge >= 0.3 is 0 Å². The summed E-state index contributed by atoms with van der Waals surface area (Å²) in [5.41, 5.74) is 1.39. The Kier molecular flexibility index (Phi) is 7.06. The lowest BCUT2D eigenvalue weighted by atomic mass is 10.0. The minimum atomic E-state index is 0.728. The smallest absolute Gasteiger partial charge is 0.0506 e. The fourth-order valence-corrected chi connectivity index (χ4v) is 2.72. The second-order valence-electron chi connectivity index (χ2n) is 5.86. The largest absolute Gasteiger partial charge is 0.381 e. The number of nitrogens with one attached hydrogen (secondary N) is 1. The van der Waals surface area contributed by atoms with E-state index in [1.54, 1.807) is 0 Å². The number of hydrogen-bond acceptors (Lipinski definition) is 3. The van der Waals surface area contributed by atoms with Crippen LogP contribution in [0.15, 0.2) is 30.3 Å². The molecule has 1 fully saturated rings. The van der Waals surface area contributed by atoms with Crippen LogP contribution in [0.2, 0.25) is 0 Å². The fourth-order valence-electron chi connectivity index (χ4n) is 2.72. The summed E-state index contributed by atoms with van der Waals surface area (Å²) < 4.78 is 5.50. The second-order valence-corrected chi connectivity index (χ2v) is 5.86. The van der Waals surface area contributed by atoms with Gasteiger partial charge in [0.05, 0.1) is 6.61 Å². The van der Waals surface area contributed by atoms with E-state index < -0.39 is 0 Å². The molecule has 0 radical (unpaired) electrons. The molecule has 1 unspecified atom stereocenters. The van der Waals surface area contributed by atoms with Gasteiger partial charge in [-0.05, 0) is 50.9 Å². The maximum absolute atomic E-state index is 5.50. The highest BCUT2D eigenvalue weighted by atomic mass is 16.5. The maximum atomic E-state index is 5.50. The topological polar surface area (TPSA) is 24.5 Å². The van der Waals surface area contributed by atoms with Gasteiger partial charge in [0.25, 0.3) is 0 Å². The molecule has 1 atom stereocenters. The molecule has 1 aliphatic heterocycles. The van der Waals surface area contributed by atoms with Gasteiger partial charge in [-0.2, -0.15) is 0 Å². The molecule has 3 heteroatoms. The van der Waals surface area contributed by atoms with Gasteiger partial charge in [-0.25, -0.2) is 0 Å². The summed E-state index contributed by atoms with van der Waals surface area (Å²) in [7, 11) is 2.20. The number of nitrogens with zero attached hydrogens (tertiary/aromatic N) is 1. The van der Waals surface area contributed by atoms with E-state index in [0.717, 1.165) is 45.3 Å². The molecular weight excluding hydrogens is 248 g/mol. The molecule has 1 saturated heterocycles. The Labute approximate surface area is 123 Å². The Morgan fingerprint density at radius 2 is 2.15 bits per heavy atom. The summed E-state index contributed by atoms with van der Waals surface area (Å²) in [6, 6.07) is 10.7. The Bertz CT molecular complexity index is 349. The van der Waals surface area contributed by atoms with E-state index in [4.69, 9.17) is 4.74 Å². The lowest BCUT2D eigenvalue weighted by Crippen LogP contribution is -2.31. The molecular formula is C17H28N2O. The molecule has 0 aromatic heterocycles. The molecule has 1 aromatic rings. The standard InChI is InChI=1S/C17H28N2O/c1-19(14-16-7-3-2-4-8-16)11-6-10-18-13-17-9-5-12-20-15-17/h2-4,7-8,17-18H,5-6,9-15H2,1H3. The lowest BCUT2D eigenvalue weighted by Gasteiger charge is -2.22. The number of rotatable bonds is 8. The summed E-state index contributed by atoms with van der Waals surface area (Å²) >= 11 is 0. The number of benzene rings is 1. The van der Waals surface area contributed by atoms with Crippen molar-refractivity contribution in [2.24, 2.45) is 5.92 Å². The van der Waals surface area contributed by atoms with Crippen molar-refractivity contribution < 1.29 is 4.74 Å². The van der Waals surface area contributed by atoms with Crippen LogP contribution in [-0.4, -0.2) is 44.8 Å². The monoisotopic (exact) mass is 276 g/mol. The van der Waals surface area contributed by atoms with Gasteiger partial charge in [0, 0.05) is 19.7 Å². The molecule has 1 N–H and O–H groups in total. The SMILES string of the molecule is CN(CCCNCC1CCCOC1)Cc1ccccc1. The number of ether oxygens (including phenoxy) is 1. The van der Waals surface area contributed by atoms with Gasteiger partial charge < -0.3 is 15.0 Å². The lowest BCUT2D eigenvalue weighted by molar-refractivity contribution is 0.0548. The van der Waals surface area contributed by atoms with Crippen molar-refractivity contribution in [3.63, 3.8) is 0 Å². The van der Waals surface area contributed by atoms with Crippen molar-refractivity contribution in [2.45, 2.75) is 25.8 Å². The van der Waals surface area contributed by atoms with E-state index in [1.165, 1.54) is 24.8 Å². The normalized spacial score (nSPS) is 19.4. The van der Waals surface area contributed by atoms with Crippen LogP contribution >= 0.6 is 0 Å². The highest BCUT2D eigenvalue weighted by Gasteiger charge is 2.12. The zero-order valence-electron chi connectivity index (χ0n) is 12.7. The van der Waals surface area contributed by atoms with Crippen LogP contribution in [-0.2, 0) is 11.3 Å². The van der Waals surface area contributed by atoms with Gasteiger partial charge in [-0.1, -0.05) is 30.3 Å². The van der Waals surface area contributed by atoms with Crippen LogP contribution < -0.4 is 5.32 Å². The van der Waals surface area contributed by atoms with E-state index in [2.05, 4.69) is 47.6 Å². The first kappa shape index (κ1) is 15.5. The summed E-state index contributed by atoms with van der Waals surface area (Å²) in [6.45, 7) is 6.31. The highest BCUT2D eigenvalue weighted by molar-refractivity contribution is 5.14. The number of hydrogen-bond donors (Lipinski definition) is 1. The molecule has 20 heavy (non-hydrogen) atoms. The Hall–Kier alpha value is -0.900. The quantitative estimate of drug-likeness (QED) is 0.738. The predicted molar refractivity (Wildman–Crippen MR) is 83.8 cm³/mol. The average molecular weight is 276 g/mol. The van der Waals surface area contributed by atoms with Crippen molar-refractivity contribution in [1.82, 2.24) is 10.2 Å². The summed E-state index contributed by atoms with van der Waals surface area (Å²) in [5.74, 6) is 0.728. The van der Waals surface area contributed by atoms with E-state index in [1.807, 2.05) is 0 Å². The average Bonchev–Trinajstić information content (AvgIpc) is 2.49. The van der Waals surface area contributed by atoms with Crippen LogP contribution in [0.3, 0.4) is 0 Å². The first-order valence-electron chi connectivity index (χ1n) is 7.85. The van der Waals surface area contributed by atoms with Crippen LogP contribution in [0, 0.1) is 5.92 Å². The third-order valence-corrected chi connectivity index (χ3v) is 3.88. The van der Waals surface area contributed by atoms with E-state index in [-0.39, 0.29) is 0 Å². The maximum Gasteiger partial charge on any atom is 0.0506 e. The van der Waals surface area contributed by atoms with E-state index in [9.17, 15) is 0 Å². The first-order valence-corrected chi connectivity index (χ1v) is 7.85. The minimum Gasteiger partial charge on any atom is -0.381 e. The third-order valence-electron chi connectivity index (χ3n) is 3.88. The Balaban J connectivity index is 1.50. The molecule has 2 rings (SSSR count). The highest BCUT2D eigenvalue weighted by Crippen LogP contribution is 2.12. The summed E-state index contributed by atoms with van der Waals surface area (Å²) in [6.07, 6.45) is 3.75. The molecule has 0 amide bonds. The van der Waals surface area contributed by atoms with Crippen molar-refractivity contribution >= 4 is 0 Å². The van der Waals surface area contributed by atoms with Crippen LogP contribution in [0.25, 0.3) is 0 Å².